The maximum Gasteiger partial charge on any atom is 0.404 e. The van der Waals surface area contributed by atoms with Crippen molar-refractivity contribution in [1.82, 2.24) is 14.3 Å². The molecule has 1 aromatic rings. The average molecular weight is 243 g/mol. The highest BCUT2D eigenvalue weighted by Gasteiger charge is 2.07. The Hall–Kier alpha value is -2.32. The van der Waals surface area contributed by atoms with E-state index in [2.05, 4.69) is 15.2 Å². The van der Waals surface area contributed by atoms with Crippen LogP contribution >= 0.6 is 0 Å². The van der Waals surface area contributed by atoms with E-state index >= 15 is 0 Å². The number of carbonyl (C=O) groups is 1. The number of nitrogens with zero attached hydrogens (tertiary/aromatic N) is 3. The van der Waals surface area contributed by atoms with Crippen LogP contribution in [0.25, 0.3) is 0 Å². The van der Waals surface area contributed by atoms with Gasteiger partial charge in [0, 0.05) is 14.1 Å². The second-order valence-electron chi connectivity index (χ2n) is 3.21. The highest BCUT2D eigenvalue weighted by atomic mass is 16.5. The topological polar surface area (TPSA) is 121 Å². The lowest BCUT2D eigenvalue weighted by Crippen LogP contribution is -2.40. The van der Waals surface area contributed by atoms with E-state index in [-0.39, 0.29) is 19.0 Å². The number of hydrogen-bond acceptors (Lipinski definition) is 6. The zero-order valence-electron chi connectivity index (χ0n) is 9.47. The predicted molar refractivity (Wildman–Crippen MR) is 58.7 cm³/mol. The molecule has 0 bridgehead atoms. The van der Waals surface area contributed by atoms with Crippen molar-refractivity contribution in [2.75, 3.05) is 18.5 Å². The molecule has 17 heavy (non-hydrogen) atoms. The summed E-state index contributed by atoms with van der Waals surface area (Å²) in [7, 11) is 2.77. The van der Waals surface area contributed by atoms with Gasteiger partial charge in [0.25, 0.3) is 5.56 Å². The third kappa shape index (κ3) is 3.06. The minimum Gasteiger partial charge on any atom is -0.448 e. The van der Waals surface area contributed by atoms with Gasteiger partial charge in [-0.25, -0.2) is 14.3 Å². The Kier molecular flexibility index (Phi) is 3.86. The Balaban J connectivity index is 2.76. The summed E-state index contributed by atoms with van der Waals surface area (Å²) in [4.78, 5) is 33.1. The third-order valence-corrected chi connectivity index (χ3v) is 1.96. The van der Waals surface area contributed by atoms with Crippen LogP contribution in [0, 0.1) is 0 Å². The molecule has 0 unspecified atom stereocenters. The molecule has 0 fully saturated rings. The first kappa shape index (κ1) is 12.7. The molecule has 0 aromatic carbocycles. The van der Waals surface area contributed by atoms with Crippen LogP contribution in [0.15, 0.2) is 9.59 Å². The number of carbonyl (C=O) groups excluding carboxylic acids is 1. The lowest BCUT2D eigenvalue weighted by Gasteiger charge is -2.07. The molecule has 0 radical (unpaired) electrons. The van der Waals surface area contributed by atoms with Crippen LogP contribution in [0.1, 0.15) is 0 Å². The van der Waals surface area contributed by atoms with E-state index in [0.717, 1.165) is 9.25 Å². The van der Waals surface area contributed by atoms with E-state index in [1.807, 2.05) is 0 Å². The van der Waals surface area contributed by atoms with Crippen LogP contribution in [-0.2, 0) is 18.8 Å². The van der Waals surface area contributed by atoms with Gasteiger partial charge in [-0.3, -0.25) is 9.36 Å². The molecule has 0 saturated carbocycles. The van der Waals surface area contributed by atoms with Crippen molar-refractivity contribution in [3.8, 4) is 0 Å². The Bertz CT molecular complexity index is 532. The van der Waals surface area contributed by atoms with Gasteiger partial charge in [0.15, 0.2) is 0 Å². The fraction of sp³-hybridized carbons (Fsp3) is 0.500. The number of rotatable bonds is 4. The Labute approximate surface area is 95.8 Å². The highest BCUT2D eigenvalue weighted by molar-refractivity contribution is 5.64. The van der Waals surface area contributed by atoms with Crippen molar-refractivity contribution in [1.29, 1.82) is 0 Å². The molecule has 9 heteroatoms. The van der Waals surface area contributed by atoms with Gasteiger partial charge in [-0.1, -0.05) is 0 Å². The van der Waals surface area contributed by atoms with Crippen molar-refractivity contribution >= 4 is 11.9 Å². The summed E-state index contributed by atoms with van der Waals surface area (Å²) in [6.45, 7) is 0.173. The summed E-state index contributed by atoms with van der Waals surface area (Å²) in [5.74, 6) is 0.00247. The standard InChI is InChI=1S/C8H13N5O4/c1-12-6(14)5(11-13(2)8(12)16)10-3-4-17-7(9)15/h3-4H2,1-2H3,(H2,9,15)(H,10,11). The summed E-state index contributed by atoms with van der Waals surface area (Å²) in [5, 5.41) is 6.38. The summed E-state index contributed by atoms with van der Waals surface area (Å²) in [6.07, 6.45) is -0.895. The van der Waals surface area contributed by atoms with Crippen molar-refractivity contribution in [2.45, 2.75) is 0 Å². The molecule has 0 spiro atoms. The highest BCUT2D eigenvalue weighted by Crippen LogP contribution is 1.88. The van der Waals surface area contributed by atoms with E-state index in [0.29, 0.717) is 0 Å². The first-order valence-electron chi connectivity index (χ1n) is 4.74. The second kappa shape index (κ2) is 5.14. The SMILES string of the molecule is Cn1nc(NCCOC(N)=O)c(=O)n(C)c1=O. The van der Waals surface area contributed by atoms with Gasteiger partial charge in [-0.15, -0.1) is 5.10 Å². The van der Waals surface area contributed by atoms with Gasteiger partial charge in [0.2, 0.25) is 5.82 Å². The molecule has 1 aromatic heterocycles. The molecule has 1 amide bonds. The Morgan fingerprint density at radius 3 is 2.71 bits per heavy atom. The maximum atomic E-state index is 11.6. The van der Waals surface area contributed by atoms with E-state index < -0.39 is 17.3 Å². The number of amides is 1. The Morgan fingerprint density at radius 1 is 1.47 bits per heavy atom. The maximum absolute atomic E-state index is 11.6. The number of aryl methyl sites for hydroxylation is 1. The van der Waals surface area contributed by atoms with Gasteiger partial charge in [0.05, 0.1) is 6.54 Å². The van der Waals surface area contributed by atoms with Crippen LogP contribution in [0.4, 0.5) is 10.6 Å². The van der Waals surface area contributed by atoms with Crippen LogP contribution < -0.4 is 22.3 Å². The van der Waals surface area contributed by atoms with Gasteiger partial charge in [-0.05, 0) is 0 Å². The molecule has 94 valence electrons. The summed E-state index contributed by atoms with van der Waals surface area (Å²) in [6, 6.07) is 0. The lowest BCUT2D eigenvalue weighted by atomic mass is 10.6. The molecule has 0 aliphatic heterocycles. The van der Waals surface area contributed by atoms with Crippen molar-refractivity contribution < 1.29 is 9.53 Å². The summed E-state index contributed by atoms with van der Waals surface area (Å²) in [5.41, 5.74) is 3.69. The van der Waals surface area contributed by atoms with Gasteiger partial charge >= 0.3 is 11.8 Å². The zero-order valence-corrected chi connectivity index (χ0v) is 9.47. The Morgan fingerprint density at radius 2 is 2.12 bits per heavy atom. The van der Waals surface area contributed by atoms with Crippen LogP contribution in [0.2, 0.25) is 0 Å². The first-order valence-corrected chi connectivity index (χ1v) is 4.74. The molecule has 1 heterocycles. The van der Waals surface area contributed by atoms with Gasteiger partial charge < -0.3 is 15.8 Å². The number of anilines is 1. The zero-order chi connectivity index (χ0) is 13.0. The number of nitrogens with one attached hydrogen (secondary N) is 1. The fourth-order valence-corrected chi connectivity index (χ4v) is 1.13. The molecule has 1 rings (SSSR count). The fourth-order valence-electron chi connectivity index (χ4n) is 1.13. The molecular weight excluding hydrogens is 230 g/mol. The molecule has 0 aliphatic carbocycles. The lowest BCUT2D eigenvalue weighted by molar-refractivity contribution is 0.161. The minimum absolute atomic E-state index is 0.00247. The number of primary amides is 1. The molecule has 0 saturated heterocycles. The molecular formula is C8H13N5O4. The van der Waals surface area contributed by atoms with Crippen molar-refractivity contribution in [3.63, 3.8) is 0 Å². The van der Waals surface area contributed by atoms with Crippen LogP contribution in [0.5, 0.6) is 0 Å². The first-order chi connectivity index (χ1) is 7.93. The van der Waals surface area contributed by atoms with E-state index in [9.17, 15) is 14.4 Å². The van der Waals surface area contributed by atoms with Gasteiger partial charge in [0.1, 0.15) is 6.61 Å². The van der Waals surface area contributed by atoms with E-state index in [4.69, 9.17) is 5.73 Å². The number of aromatic nitrogens is 3. The van der Waals surface area contributed by atoms with E-state index in [1.165, 1.54) is 14.1 Å². The third-order valence-electron chi connectivity index (χ3n) is 1.96. The van der Waals surface area contributed by atoms with Crippen molar-refractivity contribution in [3.05, 3.63) is 20.8 Å². The largest absolute Gasteiger partial charge is 0.448 e. The van der Waals surface area contributed by atoms with E-state index in [1.54, 1.807) is 0 Å². The summed E-state index contributed by atoms with van der Waals surface area (Å²) >= 11 is 0. The second-order valence-corrected chi connectivity index (χ2v) is 3.21. The summed E-state index contributed by atoms with van der Waals surface area (Å²) < 4.78 is 6.41. The van der Waals surface area contributed by atoms with Crippen LogP contribution in [-0.4, -0.2) is 33.6 Å². The molecule has 0 aliphatic rings. The predicted octanol–water partition coefficient (Wildman–Crippen LogP) is -2.01. The number of nitrogens with two attached hydrogens (primary N) is 1. The number of hydrogen-bond donors (Lipinski definition) is 2. The number of ether oxygens (including phenoxy) is 1. The molecule has 0 atom stereocenters. The minimum atomic E-state index is -0.895. The molecule has 3 N–H and O–H groups in total. The van der Waals surface area contributed by atoms with Crippen LogP contribution in [0.3, 0.4) is 0 Å². The smallest absolute Gasteiger partial charge is 0.404 e. The normalized spacial score (nSPS) is 10.0. The average Bonchev–Trinajstić information content (AvgIpc) is 2.27. The molecule has 9 nitrogen and oxygen atoms in total. The van der Waals surface area contributed by atoms with Gasteiger partial charge in [-0.2, -0.15) is 0 Å². The quantitative estimate of drug-likeness (QED) is 0.589. The van der Waals surface area contributed by atoms with Crippen molar-refractivity contribution in [2.24, 2.45) is 19.8 Å². The monoisotopic (exact) mass is 243 g/mol.